The lowest BCUT2D eigenvalue weighted by molar-refractivity contribution is -0.0437. The first-order chi connectivity index (χ1) is 16.0. The number of nitrogens with zero attached hydrogens (tertiary/aromatic N) is 4. The van der Waals surface area contributed by atoms with Gasteiger partial charge < -0.3 is 0 Å². The van der Waals surface area contributed by atoms with E-state index >= 15 is 0 Å². The van der Waals surface area contributed by atoms with E-state index in [1.165, 1.54) is 30.6 Å². The number of alkyl halides is 3. The lowest BCUT2D eigenvalue weighted by Crippen LogP contribution is -2.39. The fourth-order valence-corrected chi connectivity index (χ4v) is 4.21. The van der Waals surface area contributed by atoms with Crippen LogP contribution in [0, 0.1) is 11.6 Å². The third-order valence-electron chi connectivity index (χ3n) is 5.42. The van der Waals surface area contributed by atoms with Crippen LogP contribution in [-0.4, -0.2) is 36.7 Å². The molecule has 0 radical (unpaired) electrons. The molecule has 1 aromatic heterocycles. The largest absolute Gasteiger partial charge is 0.516 e. The number of anilines is 1. The summed E-state index contributed by atoms with van der Waals surface area (Å²) in [4.78, 5) is 12.0. The molecule has 12 heteroatoms. The van der Waals surface area contributed by atoms with Gasteiger partial charge in [0, 0.05) is 30.7 Å². The van der Waals surface area contributed by atoms with E-state index in [0.29, 0.717) is 29.7 Å². The number of benzene rings is 2. The van der Waals surface area contributed by atoms with Gasteiger partial charge in [-0.15, -0.1) is 0 Å². The third kappa shape index (κ3) is 4.37. The molecule has 0 fully saturated rings. The molecular formula is C22H17F5N4O2S. The molecule has 1 unspecified atom stereocenters. The molecular weight excluding hydrogens is 479 g/mol. The van der Waals surface area contributed by atoms with Crippen molar-refractivity contribution in [2.75, 3.05) is 11.4 Å². The van der Waals surface area contributed by atoms with Crippen molar-refractivity contribution in [2.24, 2.45) is 4.99 Å². The zero-order valence-corrected chi connectivity index (χ0v) is 18.4. The lowest BCUT2D eigenvalue weighted by atomic mass is 10.0. The topological polar surface area (TPSA) is 75.5 Å². The highest BCUT2D eigenvalue weighted by atomic mass is 32.2. The molecule has 0 N–H and O–H groups in total. The predicted molar refractivity (Wildman–Crippen MR) is 116 cm³/mol. The smallest absolute Gasteiger partial charge is 0.281 e. The molecule has 0 saturated heterocycles. The SMILES string of the molecule is CN(c1ncc(-c2ccc(C3CCC(c4c(F)cccc4F)=N3)cc2)cn1)S(=O)(=O)C(F)(F)F. The Balaban J connectivity index is 1.52. The average molecular weight is 496 g/mol. The van der Waals surface area contributed by atoms with Crippen LogP contribution in [0.2, 0.25) is 0 Å². The maximum absolute atomic E-state index is 14.0. The summed E-state index contributed by atoms with van der Waals surface area (Å²) in [5, 5.41) is 0. The molecule has 3 aromatic rings. The molecule has 0 aliphatic carbocycles. The summed E-state index contributed by atoms with van der Waals surface area (Å²) < 4.78 is 89.2. The Labute approximate surface area is 191 Å². The van der Waals surface area contributed by atoms with Crippen LogP contribution in [0.1, 0.15) is 30.0 Å². The van der Waals surface area contributed by atoms with Gasteiger partial charge in [0.2, 0.25) is 5.95 Å². The Hall–Kier alpha value is -3.41. The Bertz CT molecular complexity index is 1320. The Kier molecular flexibility index (Phi) is 6.11. The van der Waals surface area contributed by atoms with Crippen LogP contribution in [0.25, 0.3) is 11.1 Å². The van der Waals surface area contributed by atoms with Crippen LogP contribution in [0.3, 0.4) is 0 Å². The first-order valence-corrected chi connectivity index (χ1v) is 11.4. The minimum Gasteiger partial charge on any atom is -0.281 e. The van der Waals surface area contributed by atoms with Crippen LogP contribution >= 0.6 is 0 Å². The lowest BCUT2D eigenvalue weighted by Gasteiger charge is -2.18. The summed E-state index contributed by atoms with van der Waals surface area (Å²) >= 11 is 0. The molecule has 0 amide bonds. The van der Waals surface area contributed by atoms with Crippen molar-refractivity contribution < 1.29 is 30.4 Å². The van der Waals surface area contributed by atoms with Crippen molar-refractivity contribution in [1.82, 2.24) is 9.97 Å². The number of aliphatic imine (C=N–C) groups is 1. The molecule has 1 atom stereocenters. The molecule has 0 saturated carbocycles. The molecule has 0 bridgehead atoms. The van der Waals surface area contributed by atoms with Crippen molar-refractivity contribution in [3.8, 4) is 11.1 Å². The first kappa shape index (κ1) is 23.7. The summed E-state index contributed by atoms with van der Waals surface area (Å²) in [6.07, 6.45) is 3.44. The van der Waals surface area contributed by atoms with Crippen molar-refractivity contribution in [1.29, 1.82) is 0 Å². The highest BCUT2D eigenvalue weighted by molar-refractivity contribution is 7.93. The van der Waals surface area contributed by atoms with Crippen molar-refractivity contribution >= 4 is 21.7 Å². The van der Waals surface area contributed by atoms with Crippen molar-refractivity contribution in [2.45, 2.75) is 24.4 Å². The van der Waals surface area contributed by atoms with Crippen LogP contribution in [0.5, 0.6) is 0 Å². The Morgan fingerprint density at radius 2 is 1.53 bits per heavy atom. The average Bonchev–Trinajstić information content (AvgIpc) is 3.28. The van der Waals surface area contributed by atoms with Gasteiger partial charge in [0.15, 0.2) is 0 Å². The quantitative estimate of drug-likeness (QED) is 0.465. The molecule has 4 rings (SSSR count). The molecule has 1 aliphatic heterocycles. The van der Waals surface area contributed by atoms with Crippen LogP contribution < -0.4 is 4.31 Å². The number of hydrogen-bond donors (Lipinski definition) is 0. The van der Waals surface area contributed by atoms with Gasteiger partial charge in [0.1, 0.15) is 11.6 Å². The second-order valence-corrected chi connectivity index (χ2v) is 9.50. The fourth-order valence-electron chi connectivity index (χ4n) is 3.59. The summed E-state index contributed by atoms with van der Waals surface area (Å²) in [7, 11) is -4.88. The van der Waals surface area contributed by atoms with Gasteiger partial charge in [-0.2, -0.15) is 21.6 Å². The second-order valence-electron chi connectivity index (χ2n) is 7.54. The van der Waals surface area contributed by atoms with E-state index < -0.39 is 33.1 Å². The molecule has 6 nitrogen and oxygen atoms in total. The molecule has 2 aromatic carbocycles. The van der Waals surface area contributed by atoms with Gasteiger partial charge >= 0.3 is 15.5 Å². The monoisotopic (exact) mass is 496 g/mol. The van der Waals surface area contributed by atoms with Crippen molar-refractivity contribution in [3.05, 3.63) is 77.6 Å². The second kappa shape index (κ2) is 8.75. The zero-order chi connectivity index (χ0) is 24.7. The van der Waals surface area contributed by atoms with Crippen LogP contribution in [0.15, 0.2) is 59.9 Å². The van der Waals surface area contributed by atoms with E-state index in [-0.39, 0.29) is 15.9 Å². The molecule has 34 heavy (non-hydrogen) atoms. The van der Waals surface area contributed by atoms with E-state index in [9.17, 15) is 30.4 Å². The number of rotatable bonds is 5. The van der Waals surface area contributed by atoms with E-state index in [0.717, 1.165) is 12.6 Å². The number of aromatic nitrogens is 2. The molecule has 178 valence electrons. The number of hydrogen-bond acceptors (Lipinski definition) is 5. The fraction of sp³-hybridized carbons (Fsp3) is 0.227. The van der Waals surface area contributed by atoms with Gasteiger partial charge in [0.25, 0.3) is 0 Å². The maximum atomic E-state index is 14.0. The van der Waals surface area contributed by atoms with Crippen LogP contribution in [0.4, 0.5) is 27.9 Å². The van der Waals surface area contributed by atoms with Crippen molar-refractivity contribution in [3.63, 3.8) is 0 Å². The van der Waals surface area contributed by atoms with E-state index in [2.05, 4.69) is 15.0 Å². The predicted octanol–water partition coefficient (Wildman–Crippen LogP) is 5.03. The van der Waals surface area contributed by atoms with E-state index in [4.69, 9.17) is 0 Å². The molecule has 1 aliphatic rings. The third-order valence-corrected chi connectivity index (χ3v) is 6.89. The molecule has 2 heterocycles. The standard InChI is InChI=1S/C22H17F5N4O2S/c1-31(34(32,33)22(25,26)27)21-28-11-15(12-29-21)13-5-7-14(8-6-13)18-9-10-19(30-18)20-16(23)3-2-4-17(20)24/h2-8,11-12,18H,9-10H2,1H3. The summed E-state index contributed by atoms with van der Waals surface area (Å²) in [5.74, 6) is -1.94. The Morgan fingerprint density at radius 1 is 0.941 bits per heavy atom. The van der Waals surface area contributed by atoms with Gasteiger partial charge in [0.05, 0.1) is 11.6 Å². The summed E-state index contributed by atoms with van der Waals surface area (Å²) in [6, 6.07) is 10.4. The van der Waals surface area contributed by atoms with Gasteiger partial charge in [-0.3, -0.25) is 4.99 Å². The van der Waals surface area contributed by atoms with E-state index in [1.807, 2.05) is 0 Å². The first-order valence-electron chi connectivity index (χ1n) is 9.97. The highest BCUT2D eigenvalue weighted by Crippen LogP contribution is 2.34. The maximum Gasteiger partial charge on any atom is 0.516 e. The van der Waals surface area contributed by atoms with Crippen LogP contribution in [-0.2, 0) is 10.0 Å². The summed E-state index contributed by atoms with van der Waals surface area (Å²) in [6.45, 7) is 0. The normalized spacial score (nSPS) is 16.4. The summed E-state index contributed by atoms with van der Waals surface area (Å²) in [5.41, 5.74) is -3.30. The number of sulfonamides is 1. The highest BCUT2D eigenvalue weighted by Gasteiger charge is 2.49. The zero-order valence-electron chi connectivity index (χ0n) is 17.6. The minimum atomic E-state index is -5.60. The van der Waals surface area contributed by atoms with Gasteiger partial charge in [-0.1, -0.05) is 30.3 Å². The molecule has 0 spiro atoms. The van der Waals surface area contributed by atoms with Gasteiger partial charge in [-0.25, -0.2) is 23.1 Å². The Morgan fingerprint density at radius 3 is 2.09 bits per heavy atom. The number of halogens is 5. The minimum absolute atomic E-state index is 0.0338. The van der Waals surface area contributed by atoms with Gasteiger partial charge in [-0.05, 0) is 36.1 Å². The van der Waals surface area contributed by atoms with E-state index in [1.54, 1.807) is 24.3 Å².